The van der Waals surface area contributed by atoms with Crippen LogP contribution in [0, 0.1) is 6.92 Å². The van der Waals surface area contributed by atoms with Gasteiger partial charge in [-0.2, -0.15) is 0 Å². The maximum Gasteiger partial charge on any atom is 0.0303 e. The number of benzene rings is 1. The monoisotopic (exact) mass is 272 g/mol. The van der Waals surface area contributed by atoms with Gasteiger partial charge in [0.05, 0.1) is 0 Å². The minimum absolute atomic E-state index is 0.949. The maximum absolute atomic E-state index is 3.53. The maximum atomic E-state index is 3.53. The molecule has 2 nitrogen and oxygen atoms in total. The predicted octanol–water partition coefficient (Wildman–Crippen LogP) is 2.99. The van der Waals surface area contributed by atoms with Crippen LogP contribution in [0.5, 0.6) is 0 Å². The Morgan fingerprint density at radius 1 is 1.16 bits per heavy atom. The van der Waals surface area contributed by atoms with Gasteiger partial charge in [0.2, 0.25) is 0 Å². The molecule has 0 amide bonds. The van der Waals surface area contributed by atoms with Crippen molar-refractivity contribution in [2.24, 2.45) is 0 Å². The van der Waals surface area contributed by atoms with E-state index in [-0.39, 0.29) is 0 Å². The lowest BCUT2D eigenvalue weighted by atomic mass is 9.98. The van der Waals surface area contributed by atoms with Crippen LogP contribution < -0.4 is 10.6 Å². The lowest BCUT2D eigenvalue weighted by Crippen LogP contribution is -2.24. The molecule has 2 N–H and O–H groups in total. The molecule has 0 aliphatic carbocycles. The molecule has 1 aliphatic rings. The molecule has 19 heavy (non-hydrogen) atoms. The fourth-order valence-corrected chi connectivity index (χ4v) is 3.41. The van der Waals surface area contributed by atoms with Crippen molar-refractivity contribution in [1.29, 1.82) is 0 Å². The second kappa shape index (κ2) is 5.87. The van der Waals surface area contributed by atoms with Gasteiger partial charge in [-0.3, -0.25) is 0 Å². The van der Waals surface area contributed by atoms with Crippen molar-refractivity contribution >= 4 is 11.3 Å². The van der Waals surface area contributed by atoms with E-state index in [1.807, 2.05) is 11.3 Å². The highest BCUT2D eigenvalue weighted by Gasteiger charge is 2.08. The van der Waals surface area contributed by atoms with E-state index >= 15 is 0 Å². The highest BCUT2D eigenvalue weighted by molar-refractivity contribution is 7.11. The molecule has 3 rings (SSSR count). The molecule has 0 atom stereocenters. The van der Waals surface area contributed by atoms with Gasteiger partial charge in [0.1, 0.15) is 0 Å². The quantitative estimate of drug-likeness (QED) is 0.894. The van der Waals surface area contributed by atoms with Gasteiger partial charge in [0.15, 0.2) is 0 Å². The summed E-state index contributed by atoms with van der Waals surface area (Å²) in [6, 6.07) is 11.3. The molecule has 0 unspecified atom stereocenters. The third-order valence-corrected chi connectivity index (χ3v) is 4.58. The van der Waals surface area contributed by atoms with Crippen molar-refractivity contribution in [3.63, 3.8) is 0 Å². The van der Waals surface area contributed by atoms with Crippen molar-refractivity contribution in [3.8, 4) is 0 Å². The Morgan fingerprint density at radius 3 is 2.95 bits per heavy atom. The Hall–Kier alpha value is -1.16. The zero-order chi connectivity index (χ0) is 13.1. The smallest absolute Gasteiger partial charge is 0.0303 e. The average molecular weight is 272 g/mol. The summed E-state index contributed by atoms with van der Waals surface area (Å²) >= 11 is 1.87. The summed E-state index contributed by atoms with van der Waals surface area (Å²) in [5, 5.41) is 6.96. The summed E-state index contributed by atoms with van der Waals surface area (Å²) in [6.07, 6.45) is 1.16. The first kappa shape index (κ1) is 12.9. The summed E-state index contributed by atoms with van der Waals surface area (Å²) in [6.45, 7) is 6.21. The number of rotatable bonds is 4. The first-order valence-corrected chi connectivity index (χ1v) is 7.70. The van der Waals surface area contributed by atoms with Gasteiger partial charge in [0.25, 0.3) is 0 Å². The molecule has 0 radical (unpaired) electrons. The molecule has 1 aliphatic heterocycles. The lowest BCUT2D eigenvalue weighted by molar-refractivity contribution is 0.639. The fourth-order valence-electron chi connectivity index (χ4n) is 2.55. The number of nitrogens with one attached hydrogen (secondary N) is 2. The van der Waals surface area contributed by atoms with Crippen molar-refractivity contribution in [2.45, 2.75) is 33.0 Å². The Labute approximate surface area is 118 Å². The Kier molecular flexibility index (Phi) is 3.97. The molecule has 0 saturated heterocycles. The predicted molar refractivity (Wildman–Crippen MR) is 81.5 cm³/mol. The van der Waals surface area contributed by atoms with E-state index in [0.29, 0.717) is 0 Å². The van der Waals surface area contributed by atoms with Crippen molar-refractivity contribution < 1.29 is 0 Å². The summed E-state index contributed by atoms with van der Waals surface area (Å²) in [7, 11) is 0. The third kappa shape index (κ3) is 3.24. The van der Waals surface area contributed by atoms with E-state index in [0.717, 1.165) is 32.6 Å². The molecule has 0 fully saturated rings. The molecule has 100 valence electrons. The van der Waals surface area contributed by atoms with Crippen molar-refractivity contribution in [3.05, 3.63) is 56.8 Å². The first-order valence-electron chi connectivity index (χ1n) is 6.89. The molecule has 0 saturated carbocycles. The highest BCUT2D eigenvalue weighted by atomic mass is 32.1. The van der Waals surface area contributed by atoms with Crippen molar-refractivity contribution in [2.75, 3.05) is 6.54 Å². The minimum atomic E-state index is 0.949. The van der Waals surface area contributed by atoms with Gasteiger partial charge >= 0.3 is 0 Å². The number of thiophene rings is 1. The Balaban J connectivity index is 1.58. The van der Waals surface area contributed by atoms with E-state index in [4.69, 9.17) is 0 Å². The van der Waals surface area contributed by atoms with Gasteiger partial charge in [0, 0.05) is 29.4 Å². The van der Waals surface area contributed by atoms with E-state index in [9.17, 15) is 0 Å². The zero-order valence-corrected chi connectivity index (χ0v) is 12.1. The van der Waals surface area contributed by atoms with E-state index < -0.39 is 0 Å². The standard InChI is InChI=1S/C16H20N2S/c1-12-2-5-16(19-12)11-18-9-13-3-4-14-6-7-17-10-15(14)8-13/h2-5,8,17-18H,6-7,9-11H2,1H3. The molecule has 0 bridgehead atoms. The van der Waals surface area contributed by atoms with E-state index in [1.165, 1.54) is 26.4 Å². The Bertz CT molecular complexity index is 560. The second-order valence-corrected chi connectivity index (χ2v) is 6.52. The second-order valence-electron chi connectivity index (χ2n) is 5.15. The topological polar surface area (TPSA) is 24.1 Å². The number of hydrogen-bond donors (Lipinski definition) is 2. The summed E-state index contributed by atoms with van der Waals surface area (Å²) < 4.78 is 0. The van der Waals surface area contributed by atoms with Crippen LogP contribution in [-0.4, -0.2) is 6.54 Å². The molecule has 3 heteroatoms. The number of hydrogen-bond acceptors (Lipinski definition) is 3. The number of aryl methyl sites for hydroxylation is 1. The summed E-state index contributed by atoms with van der Waals surface area (Å²) in [4.78, 5) is 2.80. The molecule has 1 aromatic heterocycles. The lowest BCUT2D eigenvalue weighted by Gasteiger charge is -2.18. The molecular formula is C16H20N2S. The summed E-state index contributed by atoms with van der Waals surface area (Å²) in [5.41, 5.74) is 4.37. The largest absolute Gasteiger partial charge is 0.312 e. The van der Waals surface area contributed by atoms with Crippen LogP contribution >= 0.6 is 11.3 Å². The SMILES string of the molecule is Cc1ccc(CNCc2ccc3c(c2)CNCC3)s1. The molecular weight excluding hydrogens is 252 g/mol. The van der Waals surface area contributed by atoms with Gasteiger partial charge in [-0.25, -0.2) is 0 Å². The minimum Gasteiger partial charge on any atom is -0.312 e. The van der Waals surface area contributed by atoms with Crippen LogP contribution in [0.3, 0.4) is 0 Å². The van der Waals surface area contributed by atoms with Crippen LogP contribution in [0.15, 0.2) is 30.3 Å². The van der Waals surface area contributed by atoms with Crippen LogP contribution in [0.2, 0.25) is 0 Å². The van der Waals surface area contributed by atoms with Gasteiger partial charge < -0.3 is 10.6 Å². The zero-order valence-electron chi connectivity index (χ0n) is 11.3. The van der Waals surface area contributed by atoms with E-state index in [2.05, 4.69) is 47.9 Å². The number of fused-ring (bicyclic) bond motifs is 1. The van der Waals surface area contributed by atoms with Gasteiger partial charge in [-0.1, -0.05) is 18.2 Å². The Morgan fingerprint density at radius 2 is 2.11 bits per heavy atom. The molecule has 2 aromatic rings. The van der Waals surface area contributed by atoms with Crippen LogP contribution in [-0.2, 0) is 26.1 Å². The molecule has 0 spiro atoms. The van der Waals surface area contributed by atoms with Crippen LogP contribution in [0.4, 0.5) is 0 Å². The highest BCUT2D eigenvalue weighted by Crippen LogP contribution is 2.17. The van der Waals surface area contributed by atoms with Crippen LogP contribution in [0.25, 0.3) is 0 Å². The third-order valence-electron chi connectivity index (χ3n) is 3.58. The first-order chi connectivity index (χ1) is 9.31. The van der Waals surface area contributed by atoms with Crippen LogP contribution in [0.1, 0.15) is 26.4 Å². The molecule has 1 aromatic carbocycles. The van der Waals surface area contributed by atoms with E-state index in [1.54, 1.807) is 0 Å². The molecule has 2 heterocycles. The van der Waals surface area contributed by atoms with Gasteiger partial charge in [-0.05, 0) is 48.7 Å². The van der Waals surface area contributed by atoms with Gasteiger partial charge in [-0.15, -0.1) is 11.3 Å². The fraction of sp³-hybridized carbons (Fsp3) is 0.375. The average Bonchev–Trinajstić information content (AvgIpc) is 2.84. The van der Waals surface area contributed by atoms with Crippen molar-refractivity contribution in [1.82, 2.24) is 10.6 Å². The normalized spacial score (nSPS) is 14.4. The summed E-state index contributed by atoms with van der Waals surface area (Å²) in [5.74, 6) is 0.